The lowest BCUT2D eigenvalue weighted by Gasteiger charge is -2.55. The highest BCUT2D eigenvalue weighted by Gasteiger charge is 2.63. The van der Waals surface area contributed by atoms with Gasteiger partial charge in [0.25, 0.3) is 0 Å². The van der Waals surface area contributed by atoms with Crippen molar-refractivity contribution in [1.82, 2.24) is 35.5 Å². The van der Waals surface area contributed by atoms with Crippen LogP contribution in [0.25, 0.3) is 28.0 Å². The Bertz CT molecular complexity index is 1670. The molecule has 0 unspecified atom stereocenters. The zero-order valence-corrected chi connectivity index (χ0v) is 22.7. The fraction of sp³-hybridized carbons (Fsp3) is 0.370. The zero-order chi connectivity index (χ0) is 29.1. The highest BCUT2D eigenvalue weighted by Crippen LogP contribution is 2.49. The van der Waals surface area contributed by atoms with Crippen LogP contribution in [0.2, 0.25) is 0 Å². The van der Waals surface area contributed by atoms with E-state index in [4.69, 9.17) is 9.26 Å². The number of carbonyl (C=O) groups excluding carboxylic acids is 3. The van der Waals surface area contributed by atoms with Crippen LogP contribution in [0.4, 0.5) is 14.9 Å². The summed E-state index contributed by atoms with van der Waals surface area (Å²) >= 11 is 0. The number of ether oxygens (including phenoxy) is 1. The number of amides is 4. The Kier molecular flexibility index (Phi) is 6.29. The van der Waals surface area contributed by atoms with Gasteiger partial charge in [-0.05, 0) is 25.5 Å². The summed E-state index contributed by atoms with van der Waals surface area (Å²) in [5.74, 6) is -1.96. The number of carbonyl (C=O) groups is 3. The van der Waals surface area contributed by atoms with E-state index in [1.807, 2.05) is 20.8 Å². The van der Waals surface area contributed by atoms with Gasteiger partial charge in [-0.25, -0.2) is 13.9 Å². The number of morpholine rings is 1. The van der Waals surface area contributed by atoms with Gasteiger partial charge in [0, 0.05) is 37.1 Å². The monoisotopic (exact) mass is 562 g/mol. The van der Waals surface area contributed by atoms with Crippen molar-refractivity contribution in [3.63, 3.8) is 0 Å². The third kappa shape index (κ3) is 3.89. The van der Waals surface area contributed by atoms with Crippen molar-refractivity contribution in [3.8, 4) is 17.1 Å². The van der Waals surface area contributed by atoms with Crippen LogP contribution in [0, 0.1) is 11.2 Å². The molecule has 2 fully saturated rings. The van der Waals surface area contributed by atoms with Crippen LogP contribution in [0.15, 0.2) is 41.6 Å². The van der Waals surface area contributed by atoms with E-state index in [1.165, 1.54) is 4.68 Å². The predicted molar refractivity (Wildman–Crippen MR) is 142 cm³/mol. The number of hydrogen-bond acceptors (Lipinski definition) is 10. The number of benzene rings is 1. The second-order valence-electron chi connectivity index (χ2n) is 9.98. The number of imide groups is 2. The molecule has 1 spiro atoms. The highest BCUT2D eigenvalue weighted by molar-refractivity contribution is 6.20. The fourth-order valence-corrected chi connectivity index (χ4v) is 6.12. The van der Waals surface area contributed by atoms with Gasteiger partial charge in [0.1, 0.15) is 0 Å². The molecular formula is C27H27FN8O5. The predicted octanol–water partition coefficient (Wildman–Crippen LogP) is 2.53. The Morgan fingerprint density at radius 3 is 2.56 bits per heavy atom. The van der Waals surface area contributed by atoms with Gasteiger partial charge in [0.2, 0.25) is 23.2 Å². The molecule has 7 rings (SSSR count). The quantitative estimate of drug-likeness (QED) is 0.348. The molecule has 2 N–H and O–H groups in total. The maximum absolute atomic E-state index is 16.3. The third-order valence-electron chi connectivity index (χ3n) is 7.60. The standard InChI is InChI=1S/C25H21FN8O5.C2H6/c1-11-9-33-18-13(6-25(20(33)12(2)38-11)22(35)30-24(37)31-23(25)36)5-15-19(17(18)26)39-32-21(15)34-10-14(7-29-34)16-8-27-3-4-28-16;1-2/h3-5,7-8,10-12,20H,6,9H2,1-2H3,(H2,30,31,35,36,37);1-2H3/t11-,12+,20-;/m1./s1. The average molecular weight is 563 g/mol. The van der Waals surface area contributed by atoms with Crippen molar-refractivity contribution in [3.05, 3.63) is 48.4 Å². The summed E-state index contributed by atoms with van der Waals surface area (Å²) in [7, 11) is 0. The number of hydrogen-bond donors (Lipinski definition) is 2. The van der Waals surface area contributed by atoms with E-state index < -0.39 is 41.2 Å². The first kappa shape index (κ1) is 26.5. The summed E-state index contributed by atoms with van der Waals surface area (Å²) in [6.45, 7) is 7.77. The number of nitrogens with one attached hydrogen (secondary N) is 2. The molecule has 3 aromatic heterocycles. The molecule has 4 amide bonds. The minimum atomic E-state index is -1.73. The number of halogens is 1. The smallest absolute Gasteiger partial charge is 0.328 e. The van der Waals surface area contributed by atoms with Gasteiger partial charge < -0.3 is 14.2 Å². The first-order valence-corrected chi connectivity index (χ1v) is 13.3. The molecule has 212 valence electrons. The van der Waals surface area contributed by atoms with E-state index in [2.05, 4.69) is 30.9 Å². The molecule has 3 atom stereocenters. The minimum absolute atomic E-state index is 0.0884. The first-order chi connectivity index (χ1) is 19.8. The van der Waals surface area contributed by atoms with E-state index in [9.17, 15) is 14.4 Å². The van der Waals surface area contributed by atoms with Gasteiger partial charge in [-0.15, -0.1) is 0 Å². The van der Waals surface area contributed by atoms with E-state index in [1.54, 1.807) is 48.9 Å². The number of fused-ring (bicyclic) bond motifs is 5. The van der Waals surface area contributed by atoms with Crippen LogP contribution < -0.4 is 15.5 Å². The van der Waals surface area contributed by atoms with Crippen LogP contribution in [0.3, 0.4) is 0 Å². The second kappa shape index (κ2) is 9.73. The Balaban J connectivity index is 0.00000148. The van der Waals surface area contributed by atoms with Crippen LogP contribution in [0.5, 0.6) is 0 Å². The molecule has 41 heavy (non-hydrogen) atoms. The van der Waals surface area contributed by atoms with Crippen molar-refractivity contribution in [2.45, 2.75) is 52.4 Å². The number of urea groups is 1. The number of anilines is 1. The maximum atomic E-state index is 16.3. The summed E-state index contributed by atoms with van der Waals surface area (Å²) in [4.78, 5) is 48.7. The lowest BCUT2D eigenvalue weighted by atomic mass is 9.66. The van der Waals surface area contributed by atoms with Crippen LogP contribution in [-0.4, -0.2) is 67.5 Å². The molecule has 3 aliphatic rings. The van der Waals surface area contributed by atoms with Gasteiger partial charge >= 0.3 is 6.03 Å². The maximum Gasteiger partial charge on any atom is 0.328 e. The summed E-state index contributed by atoms with van der Waals surface area (Å²) in [5, 5.41) is 13.2. The first-order valence-electron chi connectivity index (χ1n) is 13.3. The lowest BCUT2D eigenvalue weighted by molar-refractivity contribution is -0.153. The van der Waals surface area contributed by atoms with E-state index in [0.29, 0.717) is 22.2 Å². The molecule has 4 aromatic rings. The van der Waals surface area contributed by atoms with Crippen molar-refractivity contribution in [1.29, 1.82) is 0 Å². The third-order valence-corrected chi connectivity index (χ3v) is 7.60. The van der Waals surface area contributed by atoms with Crippen LogP contribution in [0.1, 0.15) is 33.3 Å². The molecule has 13 nitrogen and oxygen atoms in total. The van der Waals surface area contributed by atoms with Crippen molar-refractivity contribution in [2.24, 2.45) is 5.41 Å². The molecule has 2 saturated heterocycles. The van der Waals surface area contributed by atoms with Gasteiger partial charge in [0.15, 0.2) is 11.2 Å². The minimum Gasteiger partial charge on any atom is -0.372 e. The average Bonchev–Trinajstić information content (AvgIpc) is 3.60. The number of barbiturate groups is 1. The summed E-state index contributed by atoms with van der Waals surface area (Å²) in [5.41, 5.74) is 0.0324. The van der Waals surface area contributed by atoms with Gasteiger partial charge in [-0.1, -0.05) is 19.0 Å². The van der Waals surface area contributed by atoms with E-state index in [-0.39, 0.29) is 36.2 Å². The largest absolute Gasteiger partial charge is 0.372 e. The fourth-order valence-electron chi connectivity index (χ4n) is 6.12. The number of nitrogens with zero attached hydrogens (tertiary/aromatic N) is 6. The molecule has 14 heteroatoms. The summed E-state index contributed by atoms with van der Waals surface area (Å²) in [6, 6.07) is -0.112. The van der Waals surface area contributed by atoms with Crippen molar-refractivity contribution in [2.75, 3.05) is 11.4 Å². The van der Waals surface area contributed by atoms with Gasteiger partial charge in [0.05, 0.1) is 47.4 Å². The van der Waals surface area contributed by atoms with Gasteiger partial charge in [-0.3, -0.25) is 30.2 Å². The van der Waals surface area contributed by atoms with E-state index >= 15 is 4.39 Å². The number of rotatable bonds is 2. The topological polar surface area (TPSA) is 157 Å². The SMILES string of the molecule is CC.C[C@@H]1CN2c3c(cc4c(-n5cc(-c6cnccn6)cn5)noc4c3F)CC3(C(=O)NC(=O)NC3=O)[C@H]2[C@H](C)O1. The summed E-state index contributed by atoms with van der Waals surface area (Å²) < 4.78 is 29.1. The molecule has 1 aromatic carbocycles. The molecule has 0 radical (unpaired) electrons. The molecule has 0 aliphatic carbocycles. The molecular weight excluding hydrogens is 535 g/mol. The normalized spacial score (nSPS) is 22.9. The van der Waals surface area contributed by atoms with Crippen LogP contribution in [-0.2, 0) is 20.7 Å². The van der Waals surface area contributed by atoms with Gasteiger partial charge in [-0.2, -0.15) is 5.10 Å². The zero-order valence-electron chi connectivity index (χ0n) is 22.7. The van der Waals surface area contributed by atoms with Crippen LogP contribution >= 0.6 is 0 Å². The number of aromatic nitrogens is 5. The molecule has 6 heterocycles. The lowest BCUT2D eigenvalue weighted by Crippen LogP contribution is -2.75. The Morgan fingerprint density at radius 1 is 1.10 bits per heavy atom. The highest BCUT2D eigenvalue weighted by atomic mass is 19.1. The Hall–Kier alpha value is -4.72. The van der Waals surface area contributed by atoms with Crippen molar-refractivity contribution >= 4 is 34.5 Å². The molecule has 0 saturated carbocycles. The summed E-state index contributed by atoms with van der Waals surface area (Å²) in [6.07, 6.45) is 6.82. The Morgan fingerprint density at radius 2 is 1.85 bits per heavy atom. The second-order valence-corrected chi connectivity index (χ2v) is 9.98. The Labute approximate surface area is 233 Å². The molecule has 3 aliphatic heterocycles. The molecule has 0 bridgehead atoms. The van der Waals surface area contributed by atoms with E-state index in [0.717, 1.165) is 0 Å². The van der Waals surface area contributed by atoms with Crippen molar-refractivity contribution < 1.29 is 28.0 Å².